The maximum absolute atomic E-state index is 11.3. The zero-order chi connectivity index (χ0) is 20.7. The van der Waals surface area contributed by atoms with Crippen LogP contribution in [-0.4, -0.2) is 39.9 Å². The second-order valence-electron chi connectivity index (χ2n) is 5.69. The van der Waals surface area contributed by atoms with Crippen molar-refractivity contribution in [2.75, 3.05) is 6.54 Å². The molecule has 0 aliphatic rings. The molecule has 0 fully saturated rings. The number of furan rings is 1. The van der Waals surface area contributed by atoms with Crippen LogP contribution >= 0.6 is 0 Å². The normalized spacial score (nSPS) is 11.1. The molecule has 2 heterocycles. The summed E-state index contributed by atoms with van der Waals surface area (Å²) in [5.41, 5.74) is 3.03. The lowest BCUT2D eigenvalue weighted by molar-refractivity contribution is -0.192. The third-order valence-electron chi connectivity index (χ3n) is 3.74. The molecule has 0 radical (unpaired) electrons. The van der Waals surface area contributed by atoms with Crippen molar-refractivity contribution in [3.8, 4) is 0 Å². The number of alkyl halides is 3. The van der Waals surface area contributed by atoms with Crippen molar-refractivity contribution < 1.29 is 37.4 Å². The fraction of sp³-hybridized carbons (Fsp3) is 0.222. The number of aliphatic carboxylic acids is 1. The molecule has 0 aliphatic carbocycles. The molecular weight excluding hydrogens is 381 g/mol. The van der Waals surface area contributed by atoms with Crippen LogP contribution in [0, 0.1) is 0 Å². The van der Waals surface area contributed by atoms with Gasteiger partial charge in [0, 0.05) is 23.0 Å². The van der Waals surface area contributed by atoms with E-state index in [2.05, 4.69) is 10.3 Å². The van der Waals surface area contributed by atoms with Gasteiger partial charge in [-0.1, -0.05) is 18.2 Å². The van der Waals surface area contributed by atoms with Crippen LogP contribution in [0.1, 0.15) is 21.6 Å². The quantitative estimate of drug-likeness (QED) is 0.473. The fourth-order valence-corrected chi connectivity index (χ4v) is 2.45. The van der Waals surface area contributed by atoms with Crippen molar-refractivity contribution in [1.82, 2.24) is 10.3 Å². The van der Waals surface area contributed by atoms with Crippen molar-refractivity contribution in [1.29, 1.82) is 0 Å². The minimum absolute atomic E-state index is 0.256. The molecule has 0 spiro atoms. The van der Waals surface area contributed by atoms with Gasteiger partial charge < -0.3 is 24.9 Å². The Labute approximate surface area is 156 Å². The Bertz CT molecular complexity index is 932. The number of carboxylic acid groups (broad SMARTS) is 2. The summed E-state index contributed by atoms with van der Waals surface area (Å²) < 4.78 is 36.8. The van der Waals surface area contributed by atoms with Gasteiger partial charge in [0.25, 0.3) is 0 Å². The maximum Gasteiger partial charge on any atom is 0.490 e. The van der Waals surface area contributed by atoms with Gasteiger partial charge in [-0.2, -0.15) is 13.2 Å². The van der Waals surface area contributed by atoms with Gasteiger partial charge in [-0.25, -0.2) is 9.59 Å². The number of rotatable bonds is 6. The van der Waals surface area contributed by atoms with Crippen molar-refractivity contribution in [3.05, 3.63) is 59.7 Å². The third kappa shape index (κ3) is 5.61. The van der Waals surface area contributed by atoms with Crippen LogP contribution in [0.15, 0.2) is 47.3 Å². The molecular formula is C18H17F3N2O5. The van der Waals surface area contributed by atoms with Crippen LogP contribution in [0.4, 0.5) is 13.2 Å². The molecule has 4 N–H and O–H groups in total. The van der Waals surface area contributed by atoms with E-state index >= 15 is 0 Å². The third-order valence-corrected chi connectivity index (χ3v) is 3.74. The molecule has 0 amide bonds. The van der Waals surface area contributed by atoms with Gasteiger partial charge in [-0.15, -0.1) is 0 Å². The Morgan fingerprint density at radius 3 is 2.39 bits per heavy atom. The van der Waals surface area contributed by atoms with Crippen molar-refractivity contribution in [2.45, 2.75) is 19.1 Å². The molecule has 0 saturated heterocycles. The van der Waals surface area contributed by atoms with Gasteiger partial charge in [-0.05, 0) is 30.7 Å². The maximum atomic E-state index is 11.3. The highest BCUT2D eigenvalue weighted by atomic mass is 19.4. The molecule has 150 valence electrons. The average Bonchev–Trinajstić information content (AvgIpc) is 3.26. The molecule has 1 aromatic carbocycles. The second-order valence-corrected chi connectivity index (χ2v) is 5.69. The minimum atomic E-state index is -5.08. The molecule has 7 nitrogen and oxygen atoms in total. The monoisotopic (exact) mass is 398 g/mol. The molecule has 0 atom stereocenters. The number of aromatic nitrogens is 1. The number of halogens is 3. The number of benzene rings is 1. The standard InChI is InChI=1S/C16H16N2O3.C2HF3O2/c19-16(20)15-13(12-3-1-2-4-14(12)18-15)9-17-7-5-11-6-8-21-10-11;3-2(4,5)1(6)7/h1-4,6,8,10,17-18H,5,7,9H2,(H,19,20);(H,6,7). The number of nitrogens with one attached hydrogen (secondary N) is 2. The molecule has 0 unspecified atom stereocenters. The Balaban J connectivity index is 0.000000345. The number of fused-ring (bicyclic) bond motifs is 1. The number of para-hydroxylation sites is 1. The summed E-state index contributed by atoms with van der Waals surface area (Å²) in [6.07, 6.45) is -0.866. The number of carboxylic acids is 2. The molecule has 0 saturated carbocycles. The Kier molecular flexibility index (Phi) is 6.83. The summed E-state index contributed by atoms with van der Waals surface area (Å²) in [7, 11) is 0. The first kappa shape index (κ1) is 21.0. The van der Waals surface area contributed by atoms with Crippen molar-refractivity contribution in [3.63, 3.8) is 0 Å². The predicted molar refractivity (Wildman–Crippen MR) is 93.1 cm³/mol. The van der Waals surface area contributed by atoms with Gasteiger partial charge >= 0.3 is 18.1 Å². The highest BCUT2D eigenvalue weighted by Gasteiger charge is 2.38. The molecule has 3 aromatic rings. The topological polar surface area (TPSA) is 116 Å². The minimum Gasteiger partial charge on any atom is -0.477 e. The van der Waals surface area contributed by atoms with E-state index in [1.807, 2.05) is 30.3 Å². The summed E-state index contributed by atoms with van der Waals surface area (Å²) in [4.78, 5) is 23.2. The van der Waals surface area contributed by atoms with Crippen molar-refractivity contribution >= 4 is 22.8 Å². The molecule has 10 heteroatoms. The van der Waals surface area contributed by atoms with Gasteiger partial charge in [-0.3, -0.25) is 0 Å². The smallest absolute Gasteiger partial charge is 0.477 e. The Morgan fingerprint density at radius 1 is 1.14 bits per heavy atom. The van der Waals surface area contributed by atoms with Crippen LogP contribution in [0.2, 0.25) is 0 Å². The number of aromatic carboxylic acids is 1. The summed E-state index contributed by atoms with van der Waals surface area (Å²) in [6.45, 7) is 1.28. The highest BCUT2D eigenvalue weighted by Crippen LogP contribution is 2.22. The number of H-pyrrole nitrogens is 1. The molecule has 2 aromatic heterocycles. The average molecular weight is 398 g/mol. The van der Waals surface area contributed by atoms with Crippen molar-refractivity contribution in [2.24, 2.45) is 0 Å². The first-order valence-corrected chi connectivity index (χ1v) is 8.05. The summed E-state index contributed by atoms with van der Waals surface area (Å²) >= 11 is 0. The molecule has 3 rings (SSSR count). The molecule has 0 bridgehead atoms. The summed E-state index contributed by atoms with van der Waals surface area (Å²) in [5, 5.41) is 20.7. The van der Waals surface area contributed by atoms with E-state index < -0.39 is 18.1 Å². The van der Waals surface area contributed by atoms with Crippen LogP contribution in [0.25, 0.3) is 10.9 Å². The van der Waals surface area contributed by atoms with E-state index in [0.29, 0.717) is 6.54 Å². The summed E-state index contributed by atoms with van der Waals surface area (Å²) in [5.74, 6) is -3.69. The van der Waals surface area contributed by atoms with Crippen LogP contribution in [-0.2, 0) is 17.8 Å². The van der Waals surface area contributed by atoms with E-state index in [1.54, 1.807) is 12.5 Å². The number of aromatic amines is 1. The first-order valence-electron chi connectivity index (χ1n) is 8.05. The fourth-order valence-electron chi connectivity index (χ4n) is 2.45. The van der Waals surface area contributed by atoms with Crippen LogP contribution in [0.5, 0.6) is 0 Å². The van der Waals surface area contributed by atoms with Crippen LogP contribution < -0.4 is 5.32 Å². The zero-order valence-electron chi connectivity index (χ0n) is 14.4. The van der Waals surface area contributed by atoms with Gasteiger partial charge in [0.15, 0.2) is 0 Å². The van der Waals surface area contributed by atoms with Gasteiger partial charge in [0.1, 0.15) is 5.69 Å². The highest BCUT2D eigenvalue weighted by molar-refractivity contribution is 5.97. The lowest BCUT2D eigenvalue weighted by atomic mass is 10.1. The number of hydrogen-bond donors (Lipinski definition) is 4. The Morgan fingerprint density at radius 2 is 1.82 bits per heavy atom. The number of hydrogen-bond acceptors (Lipinski definition) is 4. The predicted octanol–water partition coefficient (Wildman–Crippen LogP) is 3.42. The van der Waals surface area contributed by atoms with E-state index in [0.717, 1.165) is 35.0 Å². The van der Waals surface area contributed by atoms with E-state index in [9.17, 15) is 23.1 Å². The summed E-state index contributed by atoms with van der Waals surface area (Å²) in [6, 6.07) is 9.55. The van der Waals surface area contributed by atoms with E-state index in [4.69, 9.17) is 14.3 Å². The second kappa shape index (κ2) is 9.09. The first-order chi connectivity index (χ1) is 13.2. The molecule has 28 heavy (non-hydrogen) atoms. The van der Waals surface area contributed by atoms with E-state index in [-0.39, 0.29) is 5.69 Å². The lowest BCUT2D eigenvalue weighted by Crippen LogP contribution is -2.21. The van der Waals surface area contributed by atoms with Crippen LogP contribution in [0.3, 0.4) is 0 Å². The molecule has 0 aliphatic heterocycles. The zero-order valence-corrected chi connectivity index (χ0v) is 14.4. The Hall–Kier alpha value is -3.27. The lowest BCUT2D eigenvalue weighted by Gasteiger charge is -2.04. The SMILES string of the molecule is O=C(O)C(F)(F)F.O=C(O)c1[nH]c2ccccc2c1CNCCc1ccoc1. The van der Waals surface area contributed by atoms with Gasteiger partial charge in [0.05, 0.1) is 12.5 Å². The van der Waals surface area contributed by atoms with E-state index in [1.165, 1.54) is 0 Å². The number of carbonyl (C=O) groups is 2. The van der Waals surface area contributed by atoms with Gasteiger partial charge in [0.2, 0.25) is 0 Å². The largest absolute Gasteiger partial charge is 0.490 e.